The number of hydrogen-bond acceptors (Lipinski definition) is 2. The number of rotatable bonds is 7. The van der Waals surface area contributed by atoms with E-state index in [4.69, 9.17) is 11.6 Å². The van der Waals surface area contributed by atoms with Gasteiger partial charge in [0.25, 0.3) is 0 Å². The first-order valence-electron chi connectivity index (χ1n) is 7.00. The van der Waals surface area contributed by atoms with Crippen LogP contribution in [-0.2, 0) is 19.4 Å². The topological polar surface area (TPSA) is 38.0 Å². The maximum atomic E-state index is 10.3. The molecular weight excluding hydrogens is 248 g/mol. The summed E-state index contributed by atoms with van der Waals surface area (Å²) in [7, 11) is 0. The average molecular weight is 273 g/mol. The van der Waals surface area contributed by atoms with E-state index < -0.39 is 0 Å². The molecule has 4 heteroatoms. The Kier molecular flexibility index (Phi) is 6.16. The molecule has 0 aliphatic heterocycles. The molecule has 1 heterocycles. The van der Waals surface area contributed by atoms with Crippen molar-refractivity contribution in [3.8, 4) is 0 Å². The fourth-order valence-corrected chi connectivity index (χ4v) is 2.76. The summed E-state index contributed by atoms with van der Waals surface area (Å²) in [5.41, 5.74) is 1.92. The van der Waals surface area contributed by atoms with Crippen LogP contribution in [0.15, 0.2) is 0 Å². The first-order valence-corrected chi connectivity index (χ1v) is 7.38. The molecule has 1 rings (SSSR count). The molecule has 0 radical (unpaired) electrons. The third kappa shape index (κ3) is 3.27. The van der Waals surface area contributed by atoms with Gasteiger partial charge in [0.1, 0.15) is 0 Å². The highest BCUT2D eigenvalue weighted by molar-refractivity contribution is 6.31. The summed E-state index contributed by atoms with van der Waals surface area (Å²) < 4.78 is 1.92. The van der Waals surface area contributed by atoms with Crippen LogP contribution >= 0.6 is 11.6 Å². The molecule has 1 aromatic rings. The molecule has 0 aliphatic carbocycles. The quantitative estimate of drug-likeness (QED) is 0.825. The van der Waals surface area contributed by atoms with Gasteiger partial charge in [0, 0.05) is 13.0 Å². The lowest BCUT2D eigenvalue weighted by Gasteiger charge is -2.20. The summed E-state index contributed by atoms with van der Waals surface area (Å²) in [6.45, 7) is 9.14. The average Bonchev–Trinajstić information content (AvgIpc) is 2.68. The molecule has 1 unspecified atom stereocenters. The Bertz CT molecular complexity index is 372. The second kappa shape index (κ2) is 7.15. The molecule has 1 atom stereocenters. The Labute approximate surface area is 115 Å². The zero-order valence-corrected chi connectivity index (χ0v) is 12.7. The Morgan fingerprint density at radius 2 is 1.83 bits per heavy atom. The van der Waals surface area contributed by atoms with Gasteiger partial charge in [-0.3, -0.25) is 4.68 Å². The lowest BCUT2D eigenvalue weighted by Crippen LogP contribution is -2.23. The van der Waals surface area contributed by atoms with Crippen LogP contribution in [-0.4, -0.2) is 21.0 Å². The zero-order valence-electron chi connectivity index (χ0n) is 11.9. The number of aromatic nitrogens is 2. The van der Waals surface area contributed by atoms with Crippen LogP contribution in [0.5, 0.6) is 0 Å². The van der Waals surface area contributed by atoms with Crippen LogP contribution in [0.2, 0.25) is 5.02 Å². The van der Waals surface area contributed by atoms with Crippen molar-refractivity contribution in [3.63, 3.8) is 0 Å². The molecular formula is C14H25ClN2O. The minimum absolute atomic E-state index is 0.329. The molecule has 0 spiro atoms. The van der Waals surface area contributed by atoms with E-state index in [1.165, 1.54) is 0 Å². The van der Waals surface area contributed by atoms with Gasteiger partial charge in [-0.2, -0.15) is 5.10 Å². The molecule has 0 saturated carbocycles. The number of aliphatic hydroxyl groups excluding tert-OH is 1. The number of hydrogen-bond donors (Lipinski definition) is 1. The highest BCUT2D eigenvalue weighted by Gasteiger charge is 2.21. The summed E-state index contributed by atoms with van der Waals surface area (Å²) in [6, 6.07) is 0. The molecule has 0 saturated heterocycles. The minimum Gasteiger partial charge on any atom is -0.392 e. The standard InChI is InChI=1S/C14H25ClN2O/c1-5-10(6-2)13(18)9-12-14(15)11(7-3)16-17(12)8-4/h10,13,18H,5-9H2,1-4H3. The lowest BCUT2D eigenvalue weighted by atomic mass is 9.93. The van der Waals surface area contributed by atoms with Crippen LogP contribution in [0.3, 0.4) is 0 Å². The van der Waals surface area contributed by atoms with Crippen molar-refractivity contribution in [2.45, 2.75) is 66.0 Å². The van der Waals surface area contributed by atoms with Gasteiger partial charge in [-0.05, 0) is 19.3 Å². The van der Waals surface area contributed by atoms with E-state index in [1.807, 2.05) is 4.68 Å². The Morgan fingerprint density at radius 1 is 1.22 bits per heavy atom. The van der Waals surface area contributed by atoms with Crippen LogP contribution in [0.25, 0.3) is 0 Å². The number of nitrogens with zero attached hydrogens (tertiary/aromatic N) is 2. The van der Waals surface area contributed by atoms with Crippen LogP contribution in [0, 0.1) is 5.92 Å². The second-order valence-corrected chi connectivity index (χ2v) is 5.10. The van der Waals surface area contributed by atoms with Gasteiger partial charge in [0.2, 0.25) is 0 Å². The molecule has 0 aromatic carbocycles. The van der Waals surface area contributed by atoms with Gasteiger partial charge >= 0.3 is 0 Å². The van der Waals surface area contributed by atoms with E-state index in [0.29, 0.717) is 12.3 Å². The summed E-state index contributed by atoms with van der Waals surface area (Å²) in [5, 5.41) is 15.5. The van der Waals surface area contributed by atoms with Gasteiger partial charge < -0.3 is 5.11 Å². The fourth-order valence-electron chi connectivity index (χ4n) is 2.41. The van der Waals surface area contributed by atoms with Gasteiger partial charge in [-0.25, -0.2) is 0 Å². The van der Waals surface area contributed by atoms with E-state index in [0.717, 1.165) is 42.2 Å². The number of aryl methyl sites for hydroxylation is 2. The molecule has 0 amide bonds. The fraction of sp³-hybridized carbons (Fsp3) is 0.786. The monoisotopic (exact) mass is 272 g/mol. The van der Waals surface area contributed by atoms with Crippen molar-refractivity contribution in [1.82, 2.24) is 9.78 Å². The smallest absolute Gasteiger partial charge is 0.0850 e. The van der Waals surface area contributed by atoms with Crippen LogP contribution in [0.1, 0.15) is 51.9 Å². The largest absolute Gasteiger partial charge is 0.392 e. The van der Waals surface area contributed by atoms with Gasteiger partial charge in [-0.15, -0.1) is 0 Å². The number of halogens is 1. The van der Waals surface area contributed by atoms with E-state index in [2.05, 4.69) is 32.8 Å². The van der Waals surface area contributed by atoms with E-state index in [1.54, 1.807) is 0 Å². The second-order valence-electron chi connectivity index (χ2n) is 4.72. The van der Waals surface area contributed by atoms with E-state index in [9.17, 15) is 5.11 Å². The van der Waals surface area contributed by atoms with Crippen LogP contribution in [0.4, 0.5) is 0 Å². The molecule has 0 bridgehead atoms. The highest BCUT2D eigenvalue weighted by Crippen LogP contribution is 2.25. The van der Waals surface area contributed by atoms with Crippen molar-refractivity contribution < 1.29 is 5.11 Å². The number of aliphatic hydroxyl groups is 1. The highest BCUT2D eigenvalue weighted by atomic mass is 35.5. The van der Waals surface area contributed by atoms with Gasteiger partial charge in [-0.1, -0.05) is 45.2 Å². The Morgan fingerprint density at radius 3 is 2.28 bits per heavy atom. The van der Waals surface area contributed by atoms with Gasteiger partial charge in [0.15, 0.2) is 0 Å². The van der Waals surface area contributed by atoms with E-state index >= 15 is 0 Å². The molecule has 3 nitrogen and oxygen atoms in total. The zero-order chi connectivity index (χ0) is 13.7. The Balaban J connectivity index is 2.92. The summed E-state index contributed by atoms with van der Waals surface area (Å²) in [4.78, 5) is 0. The SMILES string of the molecule is CCc1nn(CC)c(CC(O)C(CC)CC)c1Cl. The van der Waals surface area contributed by atoms with Crippen molar-refractivity contribution in [3.05, 3.63) is 16.4 Å². The summed E-state index contributed by atoms with van der Waals surface area (Å²) in [5.74, 6) is 0.339. The minimum atomic E-state index is -0.329. The molecule has 0 aliphatic rings. The summed E-state index contributed by atoms with van der Waals surface area (Å²) in [6.07, 6.45) is 3.10. The predicted molar refractivity (Wildman–Crippen MR) is 76.1 cm³/mol. The first kappa shape index (κ1) is 15.5. The molecule has 0 fully saturated rings. The van der Waals surface area contributed by atoms with Crippen LogP contribution < -0.4 is 0 Å². The lowest BCUT2D eigenvalue weighted by molar-refractivity contribution is 0.101. The van der Waals surface area contributed by atoms with Gasteiger partial charge in [0.05, 0.1) is 22.5 Å². The first-order chi connectivity index (χ1) is 8.58. The van der Waals surface area contributed by atoms with E-state index in [-0.39, 0.29) is 6.10 Å². The third-order valence-electron chi connectivity index (χ3n) is 3.69. The predicted octanol–water partition coefficient (Wildman–Crippen LogP) is 3.46. The molecule has 18 heavy (non-hydrogen) atoms. The van der Waals surface area contributed by atoms with Crippen molar-refractivity contribution in [2.75, 3.05) is 0 Å². The maximum absolute atomic E-state index is 10.3. The third-order valence-corrected chi connectivity index (χ3v) is 4.13. The normalized spacial score (nSPS) is 13.3. The van der Waals surface area contributed by atoms with Crippen molar-refractivity contribution in [1.29, 1.82) is 0 Å². The molecule has 104 valence electrons. The Hall–Kier alpha value is -0.540. The molecule has 1 N–H and O–H groups in total. The maximum Gasteiger partial charge on any atom is 0.0850 e. The molecule has 1 aromatic heterocycles. The van der Waals surface area contributed by atoms with Crippen molar-refractivity contribution in [2.24, 2.45) is 5.92 Å². The summed E-state index contributed by atoms with van der Waals surface area (Å²) >= 11 is 6.35. The van der Waals surface area contributed by atoms with Crippen molar-refractivity contribution >= 4 is 11.6 Å².